The maximum absolute atomic E-state index is 14.5. The quantitative estimate of drug-likeness (QED) is 0.0181. The number of rotatable bonds is 30. The number of Topliss-reactive ketones (excluding diaryl/α,β-unsaturated/α-hetero) is 1. The number of aryl methyl sites for hydroxylation is 1. The number of nitrogens with one attached hydrogen (secondary N) is 5. The van der Waals surface area contributed by atoms with E-state index in [9.17, 15) is 48.6 Å². The molecular weight excluding hydrogens is 1230 g/mol. The number of hydrogen-bond acceptors (Lipinski definition) is 16. The Morgan fingerprint density at radius 3 is 1.80 bits per heavy atom. The number of amides is 6. The fourth-order valence-electron chi connectivity index (χ4n) is 13.3. The molecule has 23 nitrogen and oxygen atoms in total. The normalized spacial score (nSPS) is 18.6. The highest BCUT2D eigenvalue weighted by Gasteiger charge is 2.50. The van der Waals surface area contributed by atoms with Crippen LogP contribution in [0, 0.1) is 23.7 Å². The molecule has 97 heavy (non-hydrogen) atoms. The van der Waals surface area contributed by atoms with Crippen molar-refractivity contribution in [1.29, 1.82) is 0 Å². The van der Waals surface area contributed by atoms with Crippen LogP contribution in [0.1, 0.15) is 152 Å². The molecule has 5 heterocycles. The molecule has 5 aromatic rings. The number of ketones is 1. The van der Waals surface area contributed by atoms with Gasteiger partial charge in [-0.1, -0.05) is 114 Å². The fraction of sp³-hybridized carbons (Fsp3) is 0.541. The van der Waals surface area contributed by atoms with Gasteiger partial charge in [-0.15, -0.1) is 10.2 Å². The Balaban J connectivity index is 0.727. The zero-order valence-electron chi connectivity index (χ0n) is 57.5. The molecular formula is C74H99N11O12. The highest BCUT2D eigenvalue weighted by molar-refractivity contribution is 5.99. The minimum absolute atomic E-state index is 0.000316. The van der Waals surface area contributed by atoms with Gasteiger partial charge in [-0.3, -0.25) is 52.7 Å². The van der Waals surface area contributed by atoms with Gasteiger partial charge in [0.25, 0.3) is 5.91 Å². The van der Waals surface area contributed by atoms with E-state index in [1.165, 1.54) is 6.07 Å². The highest BCUT2D eigenvalue weighted by Crippen LogP contribution is 2.39. The summed E-state index contributed by atoms with van der Waals surface area (Å²) in [7, 11) is 0. The van der Waals surface area contributed by atoms with Crippen LogP contribution in [-0.2, 0) is 62.4 Å². The number of benzene rings is 4. The lowest BCUT2D eigenvalue weighted by Crippen LogP contribution is -2.59. The van der Waals surface area contributed by atoms with Crippen molar-refractivity contribution in [3.05, 3.63) is 125 Å². The maximum Gasteiger partial charge on any atom is 0.309 e. The molecule has 4 aliphatic rings. The highest BCUT2D eigenvalue weighted by atomic mass is 16.6. The van der Waals surface area contributed by atoms with Crippen molar-refractivity contribution < 1.29 is 58.0 Å². The molecule has 0 saturated carbocycles. The first-order valence-corrected chi connectivity index (χ1v) is 34.7. The summed E-state index contributed by atoms with van der Waals surface area (Å²) < 4.78 is 13.2. The van der Waals surface area contributed by atoms with Crippen LogP contribution in [0.4, 0.5) is 0 Å². The largest absolute Gasteiger partial charge is 0.508 e. The van der Waals surface area contributed by atoms with Crippen molar-refractivity contribution in [1.82, 2.24) is 56.0 Å². The third-order valence-corrected chi connectivity index (χ3v) is 19.0. The van der Waals surface area contributed by atoms with Gasteiger partial charge in [-0.05, 0) is 149 Å². The van der Waals surface area contributed by atoms with Gasteiger partial charge in [0.05, 0.1) is 30.7 Å². The second-order valence-corrected chi connectivity index (χ2v) is 28.0. The molecule has 5 atom stereocenters. The number of nitrogens with zero attached hydrogens (tertiary/aromatic N) is 6. The first-order valence-electron chi connectivity index (χ1n) is 34.7. The lowest BCUT2D eigenvalue weighted by molar-refractivity contribution is -0.159. The molecule has 0 unspecified atom stereocenters. The third-order valence-electron chi connectivity index (χ3n) is 19.0. The number of ether oxygens (including phenoxy) is 2. The van der Waals surface area contributed by atoms with E-state index in [-0.39, 0.29) is 115 Å². The van der Waals surface area contributed by atoms with Crippen molar-refractivity contribution in [2.24, 2.45) is 23.7 Å². The van der Waals surface area contributed by atoms with Crippen LogP contribution in [0.15, 0.2) is 97.1 Å². The number of aromatic hydroxyl groups is 2. The molecule has 6 amide bonds. The van der Waals surface area contributed by atoms with Gasteiger partial charge in [0.1, 0.15) is 41.3 Å². The number of epoxide rings is 1. The Labute approximate surface area is 569 Å². The number of phenols is 2. The molecule has 1 aromatic heterocycles. The lowest BCUT2D eigenvalue weighted by Gasteiger charge is -2.37. The number of aromatic nitrogens is 3. The van der Waals surface area contributed by atoms with Gasteiger partial charge in [-0.25, -0.2) is 0 Å². The van der Waals surface area contributed by atoms with E-state index in [4.69, 9.17) is 9.47 Å². The van der Waals surface area contributed by atoms with Crippen molar-refractivity contribution in [3.63, 3.8) is 0 Å². The van der Waals surface area contributed by atoms with Crippen LogP contribution in [0.5, 0.6) is 11.5 Å². The third kappa shape index (κ3) is 19.8. The summed E-state index contributed by atoms with van der Waals surface area (Å²) in [6.07, 6.45) is 4.61. The summed E-state index contributed by atoms with van der Waals surface area (Å²) in [5.74, 6) is -3.19. The standard InChI is InChI=1S/C74H99N11O12/c1-9-75-71(93)67-81-80-66(57-41-56(48(6)7)62(86)42-63(57)87)85(67)54-23-20-51(21-24-54)43-82-32-26-52(27-33-82)72(94)84-36-28-53(29-37-84)73(95)97-55-30-34-83(35-31-55)44-64(88)76-58(25-22-49-16-12-10-13-17-49)68(90)78-60(39-47(4)5)69(91)79-61(40-50-18-14-11-15-19-50)70(92)77-59(38-46(2)3)65(89)74(8)45-96-74/h10-21,23-24,41-42,46-48,52-53,55,58-61,86-87H,9,22,25-40,43-45H2,1-8H3,(H,75,93)(H,76,88)(H,77,92)(H,78,90)(H,79,91)/t58-,59-,60-,61-,74+/m0/s1. The summed E-state index contributed by atoms with van der Waals surface area (Å²) in [6, 6.07) is 25.6. The van der Waals surface area contributed by atoms with E-state index in [2.05, 4.69) is 41.7 Å². The number of carbonyl (C=O) groups is 8. The van der Waals surface area contributed by atoms with E-state index in [0.29, 0.717) is 107 Å². The topological polar surface area (TPSA) is 299 Å². The predicted octanol–water partition coefficient (Wildman–Crippen LogP) is 6.94. The number of piperidine rings is 3. The zero-order chi connectivity index (χ0) is 69.5. The summed E-state index contributed by atoms with van der Waals surface area (Å²) in [5, 5.41) is 44.6. The van der Waals surface area contributed by atoms with E-state index in [0.717, 1.165) is 29.8 Å². The van der Waals surface area contributed by atoms with Gasteiger partial charge < -0.3 is 51.2 Å². The summed E-state index contributed by atoms with van der Waals surface area (Å²) in [4.78, 5) is 118. The van der Waals surface area contributed by atoms with E-state index >= 15 is 0 Å². The number of phenolic OH excluding ortho intramolecular Hbond substituents is 2. The van der Waals surface area contributed by atoms with Crippen molar-refractivity contribution >= 4 is 47.2 Å². The van der Waals surface area contributed by atoms with Crippen LogP contribution in [0.25, 0.3) is 17.1 Å². The molecule has 23 heteroatoms. The van der Waals surface area contributed by atoms with E-state index in [1.807, 2.05) is 143 Å². The first-order chi connectivity index (χ1) is 46.4. The van der Waals surface area contributed by atoms with Crippen LogP contribution >= 0.6 is 0 Å². The van der Waals surface area contributed by atoms with E-state index < -0.39 is 53.4 Å². The fourth-order valence-corrected chi connectivity index (χ4v) is 13.3. The van der Waals surface area contributed by atoms with Crippen LogP contribution in [-0.4, -0.2) is 182 Å². The summed E-state index contributed by atoms with van der Waals surface area (Å²) in [5.41, 5.74) is 3.39. The van der Waals surface area contributed by atoms with E-state index in [1.54, 1.807) is 17.6 Å². The summed E-state index contributed by atoms with van der Waals surface area (Å²) >= 11 is 0. The second kappa shape index (κ2) is 33.6. The number of esters is 1. The van der Waals surface area contributed by atoms with Crippen molar-refractivity contribution in [2.45, 2.75) is 174 Å². The monoisotopic (exact) mass is 1330 g/mol. The average molecular weight is 1330 g/mol. The molecule has 0 radical (unpaired) electrons. The van der Waals surface area contributed by atoms with Crippen molar-refractivity contribution in [2.75, 3.05) is 59.0 Å². The lowest BCUT2D eigenvalue weighted by atomic mass is 9.92. The molecule has 0 bridgehead atoms. The Morgan fingerprint density at radius 1 is 0.629 bits per heavy atom. The van der Waals surface area contributed by atoms with Gasteiger partial charge in [0, 0.05) is 63.4 Å². The molecule has 0 spiro atoms. The molecule has 7 N–H and O–H groups in total. The molecule has 4 aliphatic heterocycles. The van der Waals surface area contributed by atoms with Crippen LogP contribution in [0.3, 0.4) is 0 Å². The smallest absolute Gasteiger partial charge is 0.309 e. The predicted molar refractivity (Wildman–Crippen MR) is 366 cm³/mol. The van der Waals surface area contributed by atoms with Crippen LogP contribution < -0.4 is 26.6 Å². The number of likely N-dealkylation sites (tertiary alicyclic amines) is 3. The molecule has 9 rings (SSSR count). The second-order valence-electron chi connectivity index (χ2n) is 28.0. The molecule has 0 aliphatic carbocycles. The molecule has 4 aromatic carbocycles. The number of carbonyl (C=O) groups excluding carboxylic acids is 8. The summed E-state index contributed by atoms with van der Waals surface area (Å²) in [6.45, 7) is 19.9. The number of hydrogen-bond donors (Lipinski definition) is 7. The Hall–Kier alpha value is -8.54. The van der Waals surface area contributed by atoms with Gasteiger partial charge >= 0.3 is 5.97 Å². The zero-order valence-corrected chi connectivity index (χ0v) is 57.5. The average Bonchev–Trinajstić information content (AvgIpc) is 1.71. The van der Waals surface area contributed by atoms with Gasteiger partial charge in [0.15, 0.2) is 11.6 Å². The Morgan fingerprint density at radius 2 is 1.20 bits per heavy atom. The molecule has 522 valence electrons. The maximum atomic E-state index is 14.5. The minimum Gasteiger partial charge on any atom is -0.508 e. The van der Waals surface area contributed by atoms with Crippen LogP contribution in [0.2, 0.25) is 0 Å². The Bertz CT molecular complexity index is 3520. The molecule has 4 fully saturated rings. The first kappa shape index (κ1) is 72.7. The van der Waals surface area contributed by atoms with Gasteiger partial charge in [0.2, 0.25) is 35.4 Å². The molecule has 4 saturated heterocycles. The van der Waals surface area contributed by atoms with Gasteiger partial charge in [-0.2, -0.15) is 0 Å². The minimum atomic E-state index is -1.09. The Kier molecular flexibility index (Phi) is 25.2. The van der Waals surface area contributed by atoms with Crippen molar-refractivity contribution in [3.8, 4) is 28.6 Å². The SMILES string of the molecule is CCNC(=O)c1nnc(-c2cc(C(C)C)c(O)cc2O)n1-c1ccc(CN2CCC(C(=O)N3CCC(C(=O)OC4CCN(CC(=O)N[C@@H](CCc5ccccc5)C(=O)N[C@@H](CC(C)C)C(=O)N[C@@H](Cc5ccccc5)C(=O)N[C@@H](CC(C)C)C(=O)[C@@]5(C)CO5)CC4)CC3)CC2)cc1.